The topological polar surface area (TPSA) is 81.7 Å². The minimum Gasteiger partial charge on any atom is -0.444 e. The highest BCUT2D eigenvalue weighted by Gasteiger charge is 2.41. The first kappa shape index (κ1) is 16.0. The average Bonchev–Trinajstić information content (AvgIpc) is 2.74. The smallest absolute Gasteiger partial charge is 0.408 e. The van der Waals surface area contributed by atoms with Gasteiger partial charge in [-0.25, -0.2) is 4.79 Å². The molecule has 0 radical (unpaired) electrons. The predicted octanol–water partition coefficient (Wildman–Crippen LogP) is 2.34. The van der Waals surface area contributed by atoms with Gasteiger partial charge in [0.15, 0.2) is 0 Å². The van der Waals surface area contributed by atoms with E-state index in [1.807, 2.05) is 6.07 Å². The number of nitrogens with one attached hydrogen (secondary N) is 1. The van der Waals surface area contributed by atoms with E-state index in [1.165, 1.54) is 0 Å². The fraction of sp³-hybridized carbons (Fsp3) is 0.438. The highest BCUT2D eigenvalue weighted by atomic mass is 16.6. The number of hydrogen-bond donors (Lipinski definition) is 1. The van der Waals surface area contributed by atoms with E-state index in [9.17, 15) is 14.4 Å². The van der Waals surface area contributed by atoms with Crippen LogP contribution in [0.2, 0.25) is 0 Å². The average molecular weight is 305 g/mol. The number of alkyl carbamates (subject to hydrolysis) is 1. The van der Waals surface area contributed by atoms with Gasteiger partial charge in [0.2, 0.25) is 0 Å². The van der Waals surface area contributed by atoms with Gasteiger partial charge in [0.05, 0.1) is 18.4 Å². The summed E-state index contributed by atoms with van der Waals surface area (Å²) >= 11 is 0. The molecule has 1 aliphatic heterocycles. The predicted molar refractivity (Wildman–Crippen MR) is 77.8 cm³/mol. The molecule has 2 unspecified atom stereocenters. The Hall–Kier alpha value is -2.37. The third-order valence-corrected chi connectivity index (χ3v) is 3.14. The van der Waals surface area contributed by atoms with Gasteiger partial charge in [-0.15, -0.1) is 0 Å². The Balaban J connectivity index is 2.21. The molecule has 2 rings (SSSR count). The fourth-order valence-corrected chi connectivity index (χ4v) is 2.26. The maximum Gasteiger partial charge on any atom is 0.408 e. The molecule has 0 aliphatic carbocycles. The summed E-state index contributed by atoms with van der Waals surface area (Å²) in [4.78, 5) is 35.2. The van der Waals surface area contributed by atoms with E-state index in [-0.39, 0.29) is 6.42 Å². The molecule has 1 aliphatic rings. The van der Waals surface area contributed by atoms with Gasteiger partial charge in [-0.2, -0.15) is 0 Å². The Kier molecular flexibility index (Phi) is 4.49. The van der Waals surface area contributed by atoms with Crippen LogP contribution in [0.4, 0.5) is 4.79 Å². The molecule has 6 heteroatoms. The van der Waals surface area contributed by atoms with Gasteiger partial charge in [-0.1, -0.05) is 30.3 Å². The molecule has 0 bridgehead atoms. The van der Waals surface area contributed by atoms with Crippen LogP contribution in [0.3, 0.4) is 0 Å². The molecule has 118 valence electrons. The quantitative estimate of drug-likeness (QED) is 0.684. The van der Waals surface area contributed by atoms with E-state index in [0.717, 1.165) is 0 Å². The number of carbonyl (C=O) groups is 3. The van der Waals surface area contributed by atoms with Crippen LogP contribution >= 0.6 is 0 Å². The Bertz CT molecular complexity index is 576. The van der Waals surface area contributed by atoms with Crippen molar-refractivity contribution in [3.8, 4) is 0 Å². The molecule has 2 atom stereocenters. The summed E-state index contributed by atoms with van der Waals surface area (Å²) < 4.78 is 9.81. The second-order valence-electron chi connectivity index (χ2n) is 6.14. The molecule has 1 aromatic carbocycles. The largest absolute Gasteiger partial charge is 0.444 e. The van der Waals surface area contributed by atoms with Crippen molar-refractivity contribution in [3.05, 3.63) is 35.9 Å². The molecule has 1 fully saturated rings. The normalized spacial score (nSPS) is 19.5. The van der Waals surface area contributed by atoms with Crippen LogP contribution in [-0.4, -0.2) is 23.6 Å². The number of amides is 1. The maximum atomic E-state index is 12.0. The van der Waals surface area contributed by atoms with Crippen molar-refractivity contribution >= 4 is 18.0 Å². The summed E-state index contributed by atoms with van der Waals surface area (Å²) in [6, 6.07) is 8.29. The first-order valence-corrected chi connectivity index (χ1v) is 7.05. The molecule has 1 saturated heterocycles. The molecule has 22 heavy (non-hydrogen) atoms. The number of hydrogen-bond acceptors (Lipinski definition) is 5. The minimum atomic E-state index is -0.748. The summed E-state index contributed by atoms with van der Waals surface area (Å²) in [7, 11) is 0. The Morgan fingerprint density at radius 2 is 1.91 bits per heavy atom. The standard InChI is InChI=1S/C16H19NO5/c1-16(2,3)22-15(20)17-13(10-7-5-4-6-8-10)11-9-12(18)21-14(11)19/h4-8,11,13H,9H2,1-3H3,(H,17,20). The number of carbonyl (C=O) groups excluding carboxylic acids is 3. The number of ether oxygens (including phenoxy) is 2. The summed E-state index contributed by atoms with van der Waals surface area (Å²) in [6.07, 6.45) is -0.706. The number of cyclic esters (lactones) is 2. The molecule has 1 N–H and O–H groups in total. The zero-order valence-corrected chi connectivity index (χ0v) is 12.8. The minimum absolute atomic E-state index is 0.0613. The Morgan fingerprint density at radius 1 is 1.27 bits per heavy atom. The number of esters is 2. The van der Waals surface area contributed by atoms with Gasteiger partial charge in [0.1, 0.15) is 5.60 Å². The van der Waals surface area contributed by atoms with Gasteiger partial charge in [-0.3, -0.25) is 9.59 Å². The van der Waals surface area contributed by atoms with Crippen LogP contribution in [-0.2, 0) is 19.1 Å². The molecular formula is C16H19NO5. The monoisotopic (exact) mass is 305 g/mol. The van der Waals surface area contributed by atoms with Crippen molar-refractivity contribution < 1.29 is 23.9 Å². The van der Waals surface area contributed by atoms with Gasteiger partial charge in [0, 0.05) is 0 Å². The van der Waals surface area contributed by atoms with Gasteiger partial charge in [-0.05, 0) is 26.3 Å². The van der Waals surface area contributed by atoms with E-state index in [1.54, 1.807) is 45.0 Å². The molecule has 6 nitrogen and oxygen atoms in total. The van der Waals surface area contributed by atoms with E-state index >= 15 is 0 Å². The molecule has 1 amide bonds. The molecule has 1 heterocycles. The van der Waals surface area contributed by atoms with Crippen molar-refractivity contribution in [3.63, 3.8) is 0 Å². The molecule has 0 spiro atoms. The number of rotatable bonds is 3. The molecule has 1 aromatic rings. The second-order valence-corrected chi connectivity index (χ2v) is 6.14. The maximum absolute atomic E-state index is 12.0. The van der Waals surface area contributed by atoms with E-state index in [0.29, 0.717) is 5.56 Å². The van der Waals surface area contributed by atoms with Crippen LogP contribution in [0.15, 0.2) is 30.3 Å². The SMILES string of the molecule is CC(C)(C)OC(=O)NC(c1ccccc1)C1CC(=O)OC1=O. The highest BCUT2D eigenvalue weighted by Crippen LogP contribution is 2.30. The summed E-state index contributed by atoms with van der Waals surface area (Å²) in [5.74, 6) is -1.96. The van der Waals surface area contributed by atoms with Crippen LogP contribution < -0.4 is 5.32 Å². The Labute approximate surface area is 128 Å². The van der Waals surface area contributed by atoms with Crippen molar-refractivity contribution in [1.82, 2.24) is 5.32 Å². The molecule has 0 aromatic heterocycles. The van der Waals surface area contributed by atoms with Crippen LogP contribution in [0.5, 0.6) is 0 Å². The van der Waals surface area contributed by atoms with Crippen molar-refractivity contribution in [2.75, 3.05) is 0 Å². The Morgan fingerprint density at radius 3 is 2.41 bits per heavy atom. The van der Waals surface area contributed by atoms with Gasteiger partial charge < -0.3 is 14.8 Å². The van der Waals surface area contributed by atoms with Crippen LogP contribution in [0, 0.1) is 5.92 Å². The lowest BCUT2D eigenvalue weighted by Crippen LogP contribution is -2.39. The van der Waals surface area contributed by atoms with E-state index in [2.05, 4.69) is 10.1 Å². The van der Waals surface area contributed by atoms with Crippen molar-refractivity contribution in [2.24, 2.45) is 5.92 Å². The van der Waals surface area contributed by atoms with Crippen LogP contribution in [0.1, 0.15) is 38.8 Å². The van der Waals surface area contributed by atoms with E-state index in [4.69, 9.17) is 4.74 Å². The summed E-state index contributed by atoms with van der Waals surface area (Å²) in [5.41, 5.74) is 0.0575. The zero-order chi connectivity index (χ0) is 16.3. The highest BCUT2D eigenvalue weighted by molar-refractivity contribution is 5.95. The van der Waals surface area contributed by atoms with Crippen molar-refractivity contribution in [2.45, 2.75) is 38.8 Å². The van der Waals surface area contributed by atoms with Crippen molar-refractivity contribution in [1.29, 1.82) is 0 Å². The first-order chi connectivity index (χ1) is 10.3. The van der Waals surface area contributed by atoms with Gasteiger partial charge in [0.25, 0.3) is 0 Å². The third-order valence-electron chi connectivity index (χ3n) is 3.14. The first-order valence-electron chi connectivity index (χ1n) is 7.05. The lowest BCUT2D eigenvalue weighted by Gasteiger charge is -2.25. The lowest BCUT2D eigenvalue weighted by atomic mass is 9.92. The van der Waals surface area contributed by atoms with Crippen LogP contribution in [0.25, 0.3) is 0 Å². The van der Waals surface area contributed by atoms with Gasteiger partial charge >= 0.3 is 18.0 Å². The number of benzene rings is 1. The molecule has 0 saturated carbocycles. The zero-order valence-electron chi connectivity index (χ0n) is 12.8. The van der Waals surface area contributed by atoms with E-state index < -0.39 is 35.6 Å². The fourth-order valence-electron chi connectivity index (χ4n) is 2.26. The summed E-state index contributed by atoms with van der Waals surface area (Å²) in [5, 5.41) is 2.67. The molecular weight excluding hydrogens is 286 g/mol. The second kappa shape index (κ2) is 6.17. The summed E-state index contributed by atoms with van der Waals surface area (Å²) in [6.45, 7) is 5.24. The lowest BCUT2D eigenvalue weighted by molar-refractivity contribution is -0.153. The third kappa shape index (κ3) is 4.07.